The van der Waals surface area contributed by atoms with Crippen LogP contribution in [0, 0.1) is 6.92 Å². The molecular weight excluding hydrogens is 373 g/mol. The minimum absolute atomic E-state index is 0.142. The van der Waals surface area contributed by atoms with Gasteiger partial charge in [-0.1, -0.05) is 59.1 Å². The van der Waals surface area contributed by atoms with Crippen LogP contribution in [0.5, 0.6) is 0 Å². The van der Waals surface area contributed by atoms with Crippen molar-refractivity contribution in [2.45, 2.75) is 19.9 Å². The van der Waals surface area contributed by atoms with E-state index < -0.39 is 11.9 Å². The zero-order valence-electron chi connectivity index (χ0n) is 14.6. The molecule has 138 valence electrons. The predicted molar refractivity (Wildman–Crippen MR) is 105 cm³/mol. The Morgan fingerprint density at radius 2 is 1.69 bits per heavy atom. The number of carbonyl (C=O) groups excluding carboxylic acids is 2. The number of likely N-dealkylation sites (N-methyl/N-ethyl adjacent to an activating group) is 1. The quantitative estimate of drug-likeness (QED) is 0.783. The molecule has 0 heterocycles. The Bertz CT molecular complexity index is 774. The summed E-state index contributed by atoms with van der Waals surface area (Å²) in [6.07, 6.45) is 0. The van der Waals surface area contributed by atoms with Crippen LogP contribution in [0.2, 0.25) is 10.0 Å². The Morgan fingerprint density at radius 1 is 1.12 bits per heavy atom. The fourth-order valence-corrected chi connectivity index (χ4v) is 2.92. The number of benzene rings is 2. The average Bonchev–Trinajstić information content (AvgIpc) is 2.62. The summed E-state index contributed by atoms with van der Waals surface area (Å²) in [7, 11) is 0. The van der Waals surface area contributed by atoms with E-state index in [-0.39, 0.29) is 12.5 Å². The van der Waals surface area contributed by atoms with Crippen LogP contribution in [0.25, 0.3) is 0 Å². The first-order valence-corrected chi connectivity index (χ1v) is 8.93. The third-order valence-corrected chi connectivity index (χ3v) is 4.59. The van der Waals surface area contributed by atoms with Gasteiger partial charge in [-0.2, -0.15) is 0 Å². The Morgan fingerprint density at radius 3 is 2.23 bits per heavy atom. The van der Waals surface area contributed by atoms with Gasteiger partial charge in [-0.05, 0) is 31.5 Å². The maximum absolute atomic E-state index is 12.7. The molecule has 2 rings (SSSR count). The van der Waals surface area contributed by atoms with Crippen LogP contribution in [-0.4, -0.2) is 29.8 Å². The van der Waals surface area contributed by atoms with Gasteiger partial charge in [0.05, 0.1) is 22.3 Å². The Kier molecular flexibility index (Phi) is 7.03. The van der Waals surface area contributed by atoms with E-state index in [0.717, 1.165) is 5.56 Å². The van der Waals surface area contributed by atoms with Crippen LogP contribution in [-0.2, 0) is 9.59 Å². The normalized spacial score (nSPS) is 11.7. The number of rotatable bonds is 6. The molecule has 7 heteroatoms. The Balaban J connectivity index is 2.06. The molecule has 0 saturated carbocycles. The smallest absolute Gasteiger partial charge is 0.244 e. The maximum Gasteiger partial charge on any atom is 0.244 e. The highest BCUT2D eigenvalue weighted by Crippen LogP contribution is 2.29. The lowest BCUT2D eigenvalue weighted by Crippen LogP contribution is -2.42. The second-order valence-electron chi connectivity index (χ2n) is 5.89. The molecule has 0 aliphatic heterocycles. The highest BCUT2D eigenvalue weighted by molar-refractivity contribution is 6.39. The highest BCUT2D eigenvalue weighted by atomic mass is 35.5. The van der Waals surface area contributed by atoms with Crippen molar-refractivity contribution < 1.29 is 9.59 Å². The van der Waals surface area contributed by atoms with Gasteiger partial charge < -0.3 is 16.0 Å². The van der Waals surface area contributed by atoms with Gasteiger partial charge >= 0.3 is 0 Å². The molecule has 3 N–H and O–H groups in total. The molecule has 0 spiro atoms. The van der Waals surface area contributed by atoms with Gasteiger partial charge in [0, 0.05) is 6.54 Å². The van der Waals surface area contributed by atoms with Crippen molar-refractivity contribution >= 4 is 40.7 Å². The van der Waals surface area contributed by atoms with E-state index in [1.54, 1.807) is 25.1 Å². The number of carbonyl (C=O) groups is 2. The third-order valence-electron chi connectivity index (χ3n) is 3.96. The fraction of sp³-hybridized carbons (Fsp3) is 0.263. The second kappa shape index (κ2) is 9.03. The largest absolute Gasteiger partial charge is 0.332 e. The molecule has 2 amide bonds. The maximum atomic E-state index is 12.7. The first-order valence-electron chi connectivity index (χ1n) is 8.18. The molecule has 1 unspecified atom stereocenters. The molecular formula is C19H21Cl2N3O2. The number of aryl methyl sites for hydroxylation is 1. The summed E-state index contributed by atoms with van der Waals surface area (Å²) < 4.78 is 0. The molecule has 2 aromatic rings. The van der Waals surface area contributed by atoms with E-state index in [1.807, 2.05) is 31.2 Å². The minimum Gasteiger partial charge on any atom is -0.332 e. The summed E-state index contributed by atoms with van der Waals surface area (Å²) >= 11 is 12.1. The third kappa shape index (κ3) is 4.97. The van der Waals surface area contributed by atoms with Gasteiger partial charge in [0.25, 0.3) is 0 Å². The first-order chi connectivity index (χ1) is 12.3. The lowest BCUT2D eigenvalue weighted by atomic mass is 10.0. The average molecular weight is 394 g/mol. The van der Waals surface area contributed by atoms with Gasteiger partial charge in [0.15, 0.2) is 0 Å². The van der Waals surface area contributed by atoms with E-state index in [0.29, 0.717) is 27.8 Å². The molecule has 1 atom stereocenters. The molecule has 0 aliphatic carbocycles. The lowest BCUT2D eigenvalue weighted by Gasteiger charge is -2.24. The number of hydrogen-bond acceptors (Lipinski definition) is 3. The van der Waals surface area contributed by atoms with Crippen molar-refractivity contribution in [3.63, 3.8) is 0 Å². The Hall–Kier alpha value is -2.08. The van der Waals surface area contributed by atoms with Crippen LogP contribution < -0.4 is 11.1 Å². The first kappa shape index (κ1) is 20.2. The van der Waals surface area contributed by atoms with Crippen molar-refractivity contribution in [1.29, 1.82) is 0 Å². The molecule has 0 fully saturated rings. The number of nitrogens with one attached hydrogen (secondary N) is 1. The molecule has 0 bridgehead atoms. The SMILES string of the molecule is CCN(CC(=O)Nc1c(Cl)cccc1Cl)C(=O)C(N)c1ccc(C)cc1. The molecule has 0 radical (unpaired) electrons. The summed E-state index contributed by atoms with van der Waals surface area (Å²) in [5.41, 5.74) is 8.19. The summed E-state index contributed by atoms with van der Waals surface area (Å²) in [5.74, 6) is -0.719. The monoisotopic (exact) mass is 393 g/mol. The number of nitrogens with zero attached hydrogens (tertiary/aromatic N) is 1. The summed E-state index contributed by atoms with van der Waals surface area (Å²) in [6, 6.07) is 11.5. The fourth-order valence-electron chi connectivity index (χ4n) is 2.43. The number of anilines is 1. The standard InChI is InChI=1S/C19H21Cl2N3O2/c1-3-24(19(26)17(22)13-9-7-12(2)8-10-13)11-16(25)23-18-14(20)5-4-6-15(18)21/h4-10,17H,3,11,22H2,1-2H3,(H,23,25). The number of amides is 2. The van der Waals surface area contributed by atoms with Gasteiger partial charge in [0.2, 0.25) is 11.8 Å². The number of para-hydroxylation sites is 1. The van der Waals surface area contributed by atoms with Crippen molar-refractivity contribution in [1.82, 2.24) is 4.90 Å². The molecule has 0 saturated heterocycles. The topological polar surface area (TPSA) is 75.4 Å². The molecule has 0 aliphatic rings. The van der Waals surface area contributed by atoms with E-state index in [9.17, 15) is 9.59 Å². The van der Waals surface area contributed by atoms with Crippen molar-refractivity contribution in [2.75, 3.05) is 18.4 Å². The molecule has 26 heavy (non-hydrogen) atoms. The van der Waals surface area contributed by atoms with Gasteiger partial charge in [-0.3, -0.25) is 9.59 Å². The second-order valence-corrected chi connectivity index (χ2v) is 6.70. The Labute approximate surface area is 163 Å². The van der Waals surface area contributed by atoms with E-state index in [2.05, 4.69) is 5.32 Å². The predicted octanol–water partition coefficient (Wildman–Crippen LogP) is 3.79. The van der Waals surface area contributed by atoms with Crippen molar-refractivity contribution in [3.8, 4) is 0 Å². The minimum atomic E-state index is -0.827. The van der Waals surface area contributed by atoms with Crippen LogP contribution >= 0.6 is 23.2 Å². The molecule has 2 aromatic carbocycles. The molecule has 5 nitrogen and oxygen atoms in total. The van der Waals surface area contributed by atoms with Crippen LogP contribution in [0.4, 0.5) is 5.69 Å². The van der Waals surface area contributed by atoms with Crippen molar-refractivity contribution in [2.24, 2.45) is 5.73 Å². The number of nitrogens with two attached hydrogens (primary N) is 1. The van der Waals surface area contributed by atoms with Gasteiger partial charge in [-0.15, -0.1) is 0 Å². The van der Waals surface area contributed by atoms with Crippen molar-refractivity contribution in [3.05, 3.63) is 63.6 Å². The highest BCUT2D eigenvalue weighted by Gasteiger charge is 2.23. The van der Waals surface area contributed by atoms with Crippen LogP contribution in [0.3, 0.4) is 0 Å². The van der Waals surface area contributed by atoms with Gasteiger partial charge in [-0.25, -0.2) is 0 Å². The van der Waals surface area contributed by atoms with Crippen LogP contribution in [0.1, 0.15) is 24.1 Å². The van der Waals surface area contributed by atoms with E-state index >= 15 is 0 Å². The summed E-state index contributed by atoms with van der Waals surface area (Å²) in [6.45, 7) is 3.95. The zero-order chi connectivity index (χ0) is 19.3. The van der Waals surface area contributed by atoms with Crippen LogP contribution in [0.15, 0.2) is 42.5 Å². The molecule has 0 aromatic heterocycles. The zero-order valence-corrected chi connectivity index (χ0v) is 16.1. The summed E-state index contributed by atoms with van der Waals surface area (Å²) in [5, 5.41) is 3.31. The number of hydrogen-bond donors (Lipinski definition) is 2. The van der Waals surface area contributed by atoms with Gasteiger partial charge in [0.1, 0.15) is 6.04 Å². The summed E-state index contributed by atoms with van der Waals surface area (Å²) in [4.78, 5) is 26.4. The lowest BCUT2D eigenvalue weighted by molar-refractivity contribution is -0.135. The number of halogens is 2. The van der Waals surface area contributed by atoms with E-state index in [1.165, 1.54) is 4.90 Å². The van der Waals surface area contributed by atoms with E-state index in [4.69, 9.17) is 28.9 Å².